The number of hydrogen-bond acceptors (Lipinski definition) is 5. The van der Waals surface area contributed by atoms with Crippen molar-refractivity contribution < 1.29 is 23.9 Å². The number of rotatable bonds is 3. The van der Waals surface area contributed by atoms with E-state index in [1.54, 1.807) is 6.07 Å². The van der Waals surface area contributed by atoms with Crippen LogP contribution < -0.4 is 0 Å². The average molecular weight is 340 g/mol. The van der Waals surface area contributed by atoms with Gasteiger partial charge in [-0.15, -0.1) is 0 Å². The Morgan fingerprint density at radius 2 is 1.88 bits per heavy atom. The maximum absolute atomic E-state index is 13.2. The molecule has 1 saturated carbocycles. The molecule has 0 N–H and O–H groups in total. The molecule has 1 aromatic carbocycles. The van der Waals surface area contributed by atoms with E-state index in [0.29, 0.717) is 18.4 Å². The monoisotopic (exact) mass is 340 g/mol. The first-order valence-electron chi connectivity index (χ1n) is 8.52. The van der Waals surface area contributed by atoms with Crippen LogP contribution in [0.1, 0.15) is 22.3 Å². The molecule has 0 spiro atoms. The molecule has 0 heterocycles. The number of carbonyl (C=O) groups excluding carboxylic acids is 3. The fourth-order valence-electron chi connectivity index (χ4n) is 5.31. The lowest BCUT2D eigenvalue weighted by atomic mass is 9.59. The highest BCUT2D eigenvalue weighted by Gasteiger charge is 2.69. The van der Waals surface area contributed by atoms with Crippen molar-refractivity contribution in [3.05, 3.63) is 47.5 Å². The second-order valence-corrected chi connectivity index (χ2v) is 7.09. The highest BCUT2D eigenvalue weighted by Crippen LogP contribution is 2.62. The summed E-state index contributed by atoms with van der Waals surface area (Å²) < 4.78 is 10.2. The zero-order valence-electron chi connectivity index (χ0n) is 14.2. The lowest BCUT2D eigenvalue weighted by Gasteiger charge is -2.41. The summed E-state index contributed by atoms with van der Waals surface area (Å²) in [6.07, 6.45) is 5.07. The van der Waals surface area contributed by atoms with Gasteiger partial charge in [0.2, 0.25) is 0 Å². The van der Waals surface area contributed by atoms with Crippen LogP contribution in [0, 0.1) is 29.1 Å². The van der Waals surface area contributed by atoms with Gasteiger partial charge in [0.25, 0.3) is 0 Å². The fraction of sp³-hybridized carbons (Fsp3) is 0.450. The quantitative estimate of drug-likeness (QED) is 0.623. The number of Topliss-reactive ketones (excluding diaryl/α,β-unsaturated/α-hetero) is 1. The SMILES string of the molecule is COC(=O)[C@H]1[C@H]2C=C[C@H](C2)[C@]1(C(=O)OC)C1Cc2ccccc2C1=O. The van der Waals surface area contributed by atoms with Crippen LogP contribution in [0.5, 0.6) is 0 Å². The van der Waals surface area contributed by atoms with Crippen LogP contribution in [0.3, 0.4) is 0 Å². The number of hydrogen-bond donors (Lipinski definition) is 0. The van der Waals surface area contributed by atoms with Crippen LogP contribution in [-0.4, -0.2) is 31.9 Å². The van der Waals surface area contributed by atoms with Crippen LogP contribution in [-0.2, 0) is 25.5 Å². The van der Waals surface area contributed by atoms with Crippen molar-refractivity contribution in [2.75, 3.05) is 14.2 Å². The Bertz CT molecular complexity index is 795. The Kier molecular flexibility index (Phi) is 3.56. The third-order valence-electron chi connectivity index (χ3n) is 6.27. The van der Waals surface area contributed by atoms with Gasteiger partial charge in [-0.25, -0.2) is 0 Å². The van der Waals surface area contributed by atoms with Gasteiger partial charge in [0.15, 0.2) is 5.78 Å². The van der Waals surface area contributed by atoms with Gasteiger partial charge in [-0.05, 0) is 30.2 Å². The highest BCUT2D eigenvalue weighted by atomic mass is 16.5. The van der Waals surface area contributed by atoms with E-state index < -0.39 is 29.2 Å². The number of esters is 2. The van der Waals surface area contributed by atoms with Gasteiger partial charge in [-0.3, -0.25) is 14.4 Å². The van der Waals surface area contributed by atoms with Crippen molar-refractivity contribution in [2.45, 2.75) is 12.8 Å². The first-order valence-corrected chi connectivity index (χ1v) is 8.52. The Morgan fingerprint density at radius 3 is 2.56 bits per heavy atom. The number of ketones is 1. The van der Waals surface area contributed by atoms with Crippen LogP contribution in [0.2, 0.25) is 0 Å². The molecule has 1 unspecified atom stereocenters. The molecule has 3 aliphatic rings. The van der Waals surface area contributed by atoms with Crippen molar-refractivity contribution >= 4 is 17.7 Å². The molecule has 1 aromatic rings. The number of methoxy groups -OCH3 is 2. The summed E-state index contributed by atoms with van der Waals surface area (Å²) >= 11 is 0. The molecule has 0 aromatic heterocycles. The molecule has 0 radical (unpaired) electrons. The van der Waals surface area contributed by atoms with E-state index in [2.05, 4.69) is 0 Å². The maximum atomic E-state index is 13.2. The topological polar surface area (TPSA) is 69.7 Å². The maximum Gasteiger partial charge on any atom is 0.314 e. The molecule has 0 amide bonds. The summed E-state index contributed by atoms with van der Waals surface area (Å²) in [5.74, 6) is -2.54. The standard InChI is InChI=1S/C20H20O5/c1-24-18(22)16-12-7-8-13(9-12)20(16,19(23)25-2)15-10-11-5-3-4-6-14(11)17(15)21/h3-8,12-13,15-16H,9-10H2,1-2H3/t12-,13+,15?,16+,20-/m0/s1. The molecule has 5 heteroatoms. The van der Waals surface area contributed by atoms with E-state index >= 15 is 0 Å². The van der Waals surface area contributed by atoms with Gasteiger partial charge in [-0.1, -0.05) is 36.4 Å². The molecule has 2 bridgehead atoms. The molecule has 4 rings (SSSR count). The number of fused-ring (bicyclic) bond motifs is 3. The molecule has 1 fully saturated rings. The smallest absolute Gasteiger partial charge is 0.314 e. The van der Waals surface area contributed by atoms with Crippen molar-refractivity contribution in [3.63, 3.8) is 0 Å². The van der Waals surface area contributed by atoms with Gasteiger partial charge < -0.3 is 9.47 Å². The molecule has 5 atom stereocenters. The summed E-state index contributed by atoms with van der Waals surface area (Å²) in [7, 11) is 2.64. The largest absolute Gasteiger partial charge is 0.469 e. The van der Waals surface area contributed by atoms with Crippen LogP contribution in [0.4, 0.5) is 0 Å². The van der Waals surface area contributed by atoms with Crippen LogP contribution >= 0.6 is 0 Å². The van der Waals surface area contributed by atoms with E-state index in [0.717, 1.165) is 5.56 Å². The predicted octanol–water partition coefficient (Wildman–Crippen LogP) is 2.20. The van der Waals surface area contributed by atoms with Crippen molar-refractivity contribution in [3.8, 4) is 0 Å². The molecule has 0 saturated heterocycles. The summed E-state index contributed by atoms with van der Waals surface area (Å²) in [6.45, 7) is 0. The first kappa shape index (κ1) is 16.1. The molecular formula is C20H20O5. The minimum atomic E-state index is -1.18. The summed E-state index contributed by atoms with van der Waals surface area (Å²) in [5.41, 5.74) is 0.388. The third-order valence-corrected chi connectivity index (χ3v) is 6.27. The van der Waals surface area contributed by atoms with Gasteiger partial charge in [-0.2, -0.15) is 0 Å². The Balaban J connectivity index is 1.87. The Labute approximate surface area is 146 Å². The van der Waals surface area contributed by atoms with E-state index in [9.17, 15) is 14.4 Å². The minimum Gasteiger partial charge on any atom is -0.469 e. The van der Waals surface area contributed by atoms with Gasteiger partial charge in [0.1, 0.15) is 0 Å². The zero-order valence-corrected chi connectivity index (χ0v) is 14.2. The molecular weight excluding hydrogens is 320 g/mol. The van der Waals surface area contributed by atoms with E-state index in [1.165, 1.54) is 14.2 Å². The van der Waals surface area contributed by atoms with Crippen molar-refractivity contribution in [2.24, 2.45) is 29.1 Å². The van der Waals surface area contributed by atoms with E-state index in [1.807, 2.05) is 30.4 Å². The van der Waals surface area contributed by atoms with Gasteiger partial charge in [0.05, 0.1) is 25.6 Å². The zero-order chi connectivity index (χ0) is 17.8. The van der Waals surface area contributed by atoms with Crippen molar-refractivity contribution in [1.29, 1.82) is 0 Å². The number of allylic oxidation sites excluding steroid dienone is 2. The fourth-order valence-corrected chi connectivity index (χ4v) is 5.31. The van der Waals surface area contributed by atoms with Crippen LogP contribution in [0.25, 0.3) is 0 Å². The van der Waals surface area contributed by atoms with E-state index in [4.69, 9.17) is 9.47 Å². The molecule has 5 nitrogen and oxygen atoms in total. The Morgan fingerprint density at radius 1 is 1.12 bits per heavy atom. The molecule has 3 aliphatic carbocycles. The normalized spacial score (nSPS) is 34.9. The molecule has 25 heavy (non-hydrogen) atoms. The third kappa shape index (κ3) is 1.92. The summed E-state index contributed by atoms with van der Waals surface area (Å²) in [4.78, 5) is 38.8. The van der Waals surface area contributed by atoms with Gasteiger partial charge >= 0.3 is 11.9 Å². The number of carbonyl (C=O) groups is 3. The van der Waals surface area contributed by atoms with Crippen molar-refractivity contribution in [1.82, 2.24) is 0 Å². The lowest BCUT2D eigenvalue weighted by Crippen LogP contribution is -2.53. The second kappa shape index (κ2) is 5.55. The van der Waals surface area contributed by atoms with E-state index in [-0.39, 0.29) is 17.6 Å². The lowest BCUT2D eigenvalue weighted by molar-refractivity contribution is -0.171. The second-order valence-electron chi connectivity index (χ2n) is 7.09. The average Bonchev–Trinajstić information content (AvgIpc) is 3.33. The first-order chi connectivity index (χ1) is 12.1. The summed E-state index contributed by atoms with van der Waals surface area (Å²) in [5, 5.41) is 0. The Hall–Kier alpha value is -2.43. The minimum absolute atomic E-state index is 0.0733. The predicted molar refractivity (Wildman–Crippen MR) is 88.7 cm³/mol. The molecule has 130 valence electrons. The number of benzene rings is 1. The van der Waals surface area contributed by atoms with Crippen LogP contribution in [0.15, 0.2) is 36.4 Å². The number of ether oxygens (including phenoxy) is 2. The highest BCUT2D eigenvalue weighted by molar-refractivity contribution is 6.06. The summed E-state index contributed by atoms with van der Waals surface area (Å²) in [6, 6.07) is 7.41. The van der Waals surface area contributed by atoms with Gasteiger partial charge in [0, 0.05) is 11.5 Å². The molecule has 0 aliphatic heterocycles.